The first kappa shape index (κ1) is 16.4. The van der Waals surface area contributed by atoms with Crippen LogP contribution >= 0.6 is 11.3 Å². The largest absolute Gasteiger partial charge is 0.332 e. The van der Waals surface area contributed by atoms with Gasteiger partial charge in [-0.1, -0.05) is 12.7 Å². The summed E-state index contributed by atoms with van der Waals surface area (Å²) in [4.78, 5) is 31.7. The van der Waals surface area contributed by atoms with Gasteiger partial charge >= 0.3 is 0 Å². The standard InChI is InChI=1S/C18H19N3O2S/c1-4-7-21-15(9-19-17(21)5-2)18(23)20-8-6-13-14(12(3)22)11-24-16(13)10-20/h4-5,7,9,11H,2,6,8,10H2,1,3H3/b7-4-. The van der Waals surface area contributed by atoms with Crippen LogP contribution in [-0.2, 0) is 13.0 Å². The van der Waals surface area contributed by atoms with Crippen LogP contribution in [0.4, 0.5) is 0 Å². The lowest BCUT2D eigenvalue weighted by atomic mass is 10.0. The van der Waals surface area contributed by atoms with E-state index >= 15 is 0 Å². The van der Waals surface area contributed by atoms with Crippen LogP contribution in [0.1, 0.15) is 51.0 Å². The number of amides is 1. The second-order valence-corrected chi connectivity index (χ2v) is 6.61. The fourth-order valence-electron chi connectivity index (χ4n) is 2.95. The van der Waals surface area contributed by atoms with Gasteiger partial charge in [0.2, 0.25) is 0 Å². The van der Waals surface area contributed by atoms with Crippen molar-refractivity contribution in [3.63, 3.8) is 0 Å². The van der Waals surface area contributed by atoms with Crippen LogP contribution in [0.5, 0.6) is 0 Å². The Morgan fingerprint density at radius 1 is 1.42 bits per heavy atom. The van der Waals surface area contributed by atoms with Crippen molar-refractivity contribution in [2.75, 3.05) is 6.54 Å². The number of carbonyl (C=O) groups is 2. The Hall–Kier alpha value is -2.47. The van der Waals surface area contributed by atoms with Gasteiger partial charge in [-0.2, -0.15) is 0 Å². The third kappa shape index (κ3) is 2.73. The molecule has 1 aliphatic rings. The Labute approximate surface area is 144 Å². The summed E-state index contributed by atoms with van der Waals surface area (Å²) < 4.78 is 1.75. The number of hydrogen-bond acceptors (Lipinski definition) is 4. The number of aromatic nitrogens is 2. The molecule has 0 N–H and O–H groups in total. The van der Waals surface area contributed by atoms with E-state index < -0.39 is 0 Å². The fourth-order valence-corrected chi connectivity index (χ4v) is 4.10. The monoisotopic (exact) mass is 341 g/mol. The average Bonchev–Trinajstić information content (AvgIpc) is 3.17. The first-order valence-corrected chi connectivity index (χ1v) is 8.66. The van der Waals surface area contributed by atoms with Crippen LogP contribution in [0.3, 0.4) is 0 Å². The van der Waals surface area contributed by atoms with E-state index in [1.54, 1.807) is 35.1 Å². The third-order valence-corrected chi connectivity index (χ3v) is 5.15. The van der Waals surface area contributed by atoms with Crippen LogP contribution in [-0.4, -0.2) is 32.7 Å². The molecule has 0 radical (unpaired) electrons. The highest BCUT2D eigenvalue weighted by atomic mass is 32.1. The van der Waals surface area contributed by atoms with E-state index in [1.807, 2.05) is 29.5 Å². The number of hydrogen-bond donors (Lipinski definition) is 0. The topological polar surface area (TPSA) is 55.2 Å². The molecule has 0 spiro atoms. The number of ketones is 1. The molecule has 0 unspecified atom stereocenters. The predicted molar refractivity (Wildman–Crippen MR) is 96.1 cm³/mol. The maximum atomic E-state index is 12.9. The van der Waals surface area contributed by atoms with Crippen LogP contribution < -0.4 is 0 Å². The molecule has 2 aromatic heterocycles. The number of carbonyl (C=O) groups excluding carboxylic acids is 2. The summed E-state index contributed by atoms with van der Waals surface area (Å²) in [5, 5.41) is 1.90. The Morgan fingerprint density at radius 3 is 2.88 bits per heavy atom. The zero-order valence-corrected chi connectivity index (χ0v) is 14.6. The molecule has 24 heavy (non-hydrogen) atoms. The molecule has 0 atom stereocenters. The molecule has 0 saturated carbocycles. The highest BCUT2D eigenvalue weighted by molar-refractivity contribution is 7.10. The van der Waals surface area contributed by atoms with Gasteiger partial charge in [0.25, 0.3) is 5.91 Å². The minimum absolute atomic E-state index is 0.0582. The molecule has 2 aromatic rings. The molecular weight excluding hydrogens is 322 g/mol. The Kier molecular flexibility index (Phi) is 4.49. The third-order valence-electron chi connectivity index (χ3n) is 4.14. The summed E-state index contributed by atoms with van der Waals surface area (Å²) in [6, 6.07) is 0. The number of imidazole rings is 1. The summed E-state index contributed by atoms with van der Waals surface area (Å²) in [5.74, 6) is 0.676. The Morgan fingerprint density at radius 2 is 2.21 bits per heavy atom. The average molecular weight is 341 g/mol. The van der Waals surface area contributed by atoms with E-state index in [4.69, 9.17) is 0 Å². The van der Waals surface area contributed by atoms with Gasteiger partial charge in [0.15, 0.2) is 5.78 Å². The molecule has 0 aromatic carbocycles. The smallest absolute Gasteiger partial charge is 0.272 e. The van der Waals surface area contributed by atoms with Gasteiger partial charge in [-0.15, -0.1) is 11.3 Å². The molecule has 3 rings (SSSR count). The van der Waals surface area contributed by atoms with Gasteiger partial charge in [-0.3, -0.25) is 14.2 Å². The molecular formula is C18H19N3O2S. The molecule has 0 aliphatic carbocycles. The second kappa shape index (κ2) is 6.57. The van der Waals surface area contributed by atoms with Crippen molar-refractivity contribution in [1.82, 2.24) is 14.5 Å². The number of Topliss-reactive ketones (excluding diaryl/α,β-unsaturated/α-hetero) is 1. The van der Waals surface area contributed by atoms with Crippen molar-refractivity contribution < 1.29 is 9.59 Å². The number of nitrogens with zero attached hydrogens (tertiary/aromatic N) is 3. The van der Waals surface area contributed by atoms with Crippen LogP contribution in [0.25, 0.3) is 12.3 Å². The molecule has 6 heteroatoms. The molecule has 0 bridgehead atoms. The number of rotatable bonds is 4. The SMILES string of the molecule is C=Cc1ncc(C(=O)N2CCc3c(C(C)=O)csc3C2)n1/C=C\C. The lowest BCUT2D eigenvalue weighted by molar-refractivity contribution is 0.0729. The van der Waals surface area contributed by atoms with E-state index in [1.165, 1.54) is 0 Å². The van der Waals surface area contributed by atoms with Gasteiger partial charge < -0.3 is 4.90 Å². The number of fused-ring (bicyclic) bond motifs is 1. The summed E-state index contributed by atoms with van der Waals surface area (Å²) >= 11 is 1.55. The van der Waals surface area contributed by atoms with Crippen molar-refractivity contribution >= 4 is 35.3 Å². The fraction of sp³-hybridized carbons (Fsp3) is 0.278. The predicted octanol–water partition coefficient (Wildman–Crippen LogP) is 3.48. The van der Waals surface area contributed by atoms with E-state index in [0.29, 0.717) is 31.0 Å². The van der Waals surface area contributed by atoms with Crippen LogP contribution in [0.15, 0.2) is 24.2 Å². The Balaban J connectivity index is 1.88. The van der Waals surface area contributed by atoms with E-state index in [9.17, 15) is 9.59 Å². The highest BCUT2D eigenvalue weighted by Crippen LogP contribution is 2.29. The molecule has 0 fully saturated rings. The first-order valence-electron chi connectivity index (χ1n) is 7.78. The number of allylic oxidation sites excluding steroid dienone is 1. The van der Waals surface area contributed by atoms with Gasteiger partial charge in [-0.05, 0) is 31.9 Å². The molecule has 3 heterocycles. The van der Waals surface area contributed by atoms with Crippen LogP contribution in [0, 0.1) is 0 Å². The van der Waals surface area contributed by atoms with Crippen molar-refractivity contribution in [1.29, 1.82) is 0 Å². The zero-order chi connectivity index (χ0) is 17.3. The maximum absolute atomic E-state index is 12.9. The van der Waals surface area contributed by atoms with Crippen molar-refractivity contribution in [2.24, 2.45) is 0 Å². The maximum Gasteiger partial charge on any atom is 0.272 e. The highest BCUT2D eigenvalue weighted by Gasteiger charge is 2.27. The zero-order valence-electron chi connectivity index (χ0n) is 13.8. The minimum atomic E-state index is -0.0582. The molecule has 124 valence electrons. The Bertz CT molecular complexity index is 845. The van der Waals surface area contributed by atoms with Gasteiger partial charge in [-0.25, -0.2) is 4.98 Å². The molecule has 1 amide bonds. The van der Waals surface area contributed by atoms with Gasteiger partial charge in [0, 0.05) is 28.6 Å². The minimum Gasteiger partial charge on any atom is -0.332 e. The lowest BCUT2D eigenvalue weighted by Gasteiger charge is -2.27. The lowest BCUT2D eigenvalue weighted by Crippen LogP contribution is -2.36. The molecule has 1 aliphatic heterocycles. The summed E-state index contributed by atoms with van der Waals surface area (Å²) in [7, 11) is 0. The van der Waals surface area contributed by atoms with Gasteiger partial charge in [0.1, 0.15) is 11.5 Å². The molecule has 0 saturated heterocycles. The van der Waals surface area contributed by atoms with Gasteiger partial charge in [0.05, 0.1) is 12.7 Å². The van der Waals surface area contributed by atoms with Crippen molar-refractivity contribution in [3.8, 4) is 0 Å². The van der Waals surface area contributed by atoms with E-state index in [2.05, 4.69) is 11.6 Å². The number of thiophene rings is 1. The quantitative estimate of drug-likeness (QED) is 0.800. The van der Waals surface area contributed by atoms with E-state index in [0.717, 1.165) is 16.0 Å². The van der Waals surface area contributed by atoms with Crippen LogP contribution in [0.2, 0.25) is 0 Å². The van der Waals surface area contributed by atoms with Crippen molar-refractivity contribution in [2.45, 2.75) is 26.8 Å². The summed E-state index contributed by atoms with van der Waals surface area (Å²) in [5.41, 5.74) is 2.43. The van der Waals surface area contributed by atoms with E-state index in [-0.39, 0.29) is 11.7 Å². The summed E-state index contributed by atoms with van der Waals surface area (Å²) in [6.07, 6.45) is 7.60. The second-order valence-electron chi connectivity index (χ2n) is 5.64. The normalized spacial score (nSPS) is 14.0. The summed E-state index contributed by atoms with van der Waals surface area (Å²) in [6.45, 7) is 8.36. The van der Waals surface area contributed by atoms with Crippen molar-refractivity contribution in [3.05, 3.63) is 51.8 Å². The molecule has 5 nitrogen and oxygen atoms in total. The first-order chi connectivity index (χ1) is 11.6.